The quantitative estimate of drug-likeness (QED) is 0.560. The maximum absolute atomic E-state index is 13.2. The van der Waals surface area contributed by atoms with Crippen LogP contribution < -0.4 is 9.47 Å². The van der Waals surface area contributed by atoms with Crippen molar-refractivity contribution in [1.82, 2.24) is 9.91 Å². The Bertz CT molecular complexity index is 1070. The summed E-state index contributed by atoms with van der Waals surface area (Å²) >= 11 is 3.33. The third-order valence-electron chi connectivity index (χ3n) is 5.33. The summed E-state index contributed by atoms with van der Waals surface area (Å²) < 4.78 is 11.8. The molecule has 6 nitrogen and oxygen atoms in total. The molecule has 1 amide bonds. The van der Waals surface area contributed by atoms with Crippen LogP contribution in [0.3, 0.4) is 0 Å². The molecule has 2 aliphatic heterocycles. The maximum atomic E-state index is 13.2. The van der Waals surface area contributed by atoms with Crippen molar-refractivity contribution in [3.63, 3.8) is 0 Å². The first kappa shape index (κ1) is 20.2. The normalized spacial score (nSPS) is 20.2. The van der Waals surface area contributed by atoms with Crippen molar-refractivity contribution < 1.29 is 14.3 Å². The van der Waals surface area contributed by atoms with Gasteiger partial charge in [0.25, 0.3) is 5.91 Å². The van der Waals surface area contributed by atoms with Gasteiger partial charge in [-0.05, 0) is 42.1 Å². The fraction of sp³-hybridized carbons (Fsp3) is 0.304. The molecular formula is C23H23N3O3S2. The molecule has 2 aromatic heterocycles. The number of nitrogens with zero attached hydrogens (tertiary/aromatic N) is 3. The molecule has 0 N–H and O–H groups in total. The summed E-state index contributed by atoms with van der Waals surface area (Å²) in [4.78, 5) is 17.5. The predicted molar refractivity (Wildman–Crippen MR) is 123 cm³/mol. The Balaban J connectivity index is 1.26. The molecule has 0 saturated heterocycles. The Morgan fingerprint density at radius 3 is 2.71 bits per heavy atom. The molecule has 4 heterocycles. The van der Waals surface area contributed by atoms with Gasteiger partial charge in [0.05, 0.1) is 23.2 Å². The second-order valence-electron chi connectivity index (χ2n) is 7.69. The van der Waals surface area contributed by atoms with Crippen molar-refractivity contribution in [2.75, 3.05) is 26.7 Å². The average Bonchev–Trinajstić information content (AvgIpc) is 3.54. The number of thiophene rings is 2. The molecule has 0 fully saturated rings. The first-order valence-corrected chi connectivity index (χ1v) is 12.0. The Kier molecular flexibility index (Phi) is 5.76. The number of hydrogen-bond donors (Lipinski definition) is 0. The molecule has 5 rings (SSSR count). The van der Waals surface area contributed by atoms with E-state index in [0.717, 1.165) is 33.4 Å². The fourth-order valence-electron chi connectivity index (χ4n) is 3.90. The van der Waals surface area contributed by atoms with Gasteiger partial charge in [-0.25, -0.2) is 5.01 Å². The highest BCUT2D eigenvalue weighted by Crippen LogP contribution is 2.36. The molecule has 0 aliphatic carbocycles. The van der Waals surface area contributed by atoms with E-state index in [2.05, 4.69) is 12.1 Å². The zero-order valence-electron chi connectivity index (χ0n) is 17.1. The van der Waals surface area contributed by atoms with Crippen LogP contribution in [0.4, 0.5) is 0 Å². The number of ether oxygens (including phenoxy) is 2. The Labute approximate surface area is 189 Å². The summed E-state index contributed by atoms with van der Waals surface area (Å²) in [7, 11) is 1.93. The molecule has 2 aliphatic rings. The molecule has 1 aromatic carbocycles. The van der Waals surface area contributed by atoms with Gasteiger partial charge in [0.2, 0.25) is 0 Å². The topological polar surface area (TPSA) is 54.4 Å². The second kappa shape index (κ2) is 8.82. The van der Waals surface area contributed by atoms with E-state index in [4.69, 9.17) is 14.6 Å². The van der Waals surface area contributed by atoms with Gasteiger partial charge < -0.3 is 9.47 Å². The first-order valence-electron chi connectivity index (χ1n) is 10.2. The first-order chi connectivity index (χ1) is 15.2. The number of para-hydroxylation sites is 2. The summed E-state index contributed by atoms with van der Waals surface area (Å²) in [6.07, 6.45) is 0.622. The molecular weight excluding hydrogens is 430 g/mol. The minimum Gasteiger partial charge on any atom is -0.486 e. The van der Waals surface area contributed by atoms with Gasteiger partial charge in [-0.15, -0.1) is 22.7 Å². The van der Waals surface area contributed by atoms with Crippen molar-refractivity contribution in [1.29, 1.82) is 0 Å². The standard InChI is InChI=1S/C23H23N3O3S2/c1-25(13-16-15-28-19-6-2-3-7-20(19)29-16)14-23(27)26-18(22-9-5-11-31-22)12-17(24-26)21-8-4-10-30-21/h2-11,16,18H,12-15H2,1H3/t16-,18-/m0/s1. The van der Waals surface area contributed by atoms with Crippen molar-refractivity contribution >= 4 is 34.3 Å². The lowest BCUT2D eigenvalue weighted by Gasteiger charge is -2.30. The van der Waals surface area contributed by atoms with Gasteiger partial charge in [0.1, 0.15) is 12.7 Å². The van der Waals surface area contributed by atoms with Crippen LogP contribution in [0.25, 0.3) is 0 Å². The van der Waals surface area contributed by atoms with E-state index in [9.17, 15) is 4.79 Å². The van der Waals surface area contributed by atoms with Crippen LogP contribution in [-0.4, -0.2) is 54.4 Å². The SMILES string of the molecule is CN(CC(=O)N1N=C(c2cccs2)C[C@H]1c1cccs1)C[C@H]1COc2ccccc2O1. The van der Waals surface area contributed by atoms with E-state index in [1.54, 1.807) is 27.7 Å². The van der Waals surface area contributed by atoms with E-state index in [0.29, 0.717) is 13.2 Å². The Morgan fingerprint density at radius 2 is 1.94 bits per heavy atom. The van der Waals surface area contributed by atoms with Crippen molar-refractivity contribution in [3.8, 4) is 11.5 Å². The molecule has 31 heavy (non-hydrogen) atoms. The second-order valence-corrected chi connectivity index (χ2v) is 9.62. The maximum Gasteiger partial charge on any atom is 0.257 e. The zero-order chi connectivity index (χ0) is 21.2. The van der Waals surface area contributed by atoms with Gasteiger partial charge in [0.15, 0.2) is 11.5 Å². The monoisotopic (exact) mass is 453 g/mol. The number of benzene rings is 1. The Hall–Kier alpha value is -2.68. The number of hydrazone groups is 1. The van der Waals surface area contributed by atoms with Crippen LogP contribution in [0, 0.1) is 0 Å². The van der Waals surface area contributed by atoms with Crippen LogP contribution in [-0.2, 0) is 4.79 Å². The third-order valence-corrected chi connectivity index (χ3v) is 7.22. The average molecular weight is 454 g/mol. The highest BCUT2D eigenvalue weighted by atomic mass is 32.1. The molecule has 0 radical (unpaired) electrons. The lowest BCUT2D eigenvalue weighted by molar-refractivity contribution is -0.134. The molecule has 160 valence electrons. The molecule has 0 spiro atoms. The van der Waals surface area contributed by atoms with Gasteiger partial charge >= 0.3 is 0 Å². The summed E-state index contributed by atoms with van der Waals surface area (Å²) in [5, 5.41) is 10.5. The number of carbonyl (C=O) groups excluding carboxylic acids is 1. The van der Waals surface area contributed by atoms with Crippen LogP contribution in [0.15, 0.2) is 64.4 Å². The molecule has 0 saturated carbocycles. The lowest BCUT2D eigenvalue weighted by atomic mass is 10.1. The zero-order valence-corrected chi connectivity index (χ0v) is 18.8. The number of carbonyl (C=O) groups is 1. The van der Waals surface area contributed by atoms with Gasteiger partial charge in [-0.3, -0.25) is 9.69 Å². The number of rotatable bonds is 6. The number of amides is 1. The number of likely N-dealkylation sites (N-methyl/N-ethyl adjacent to an activating group) is 1. The molecule has 0 bridgehead atoms. The van der Waals surface area contributed by atoms with Crippen molar-refractivity contribution in [3.05, 3.63) is 69.0 Å². The highest BCUT2D eigenvalue weighted by Gasteiger charge is 2.34. The molecule has 8 heteroatoms. The minimum atomic E-state index is -0.121. The van der Waals surface area contributed by atoms with E-state index in [1.165, 1.54) is 0 Å². The van der Waals surface area contributed by atoms with Gasteiger partial charge in [0, 0.05) is 17.8 Å². The highest BCUT2D eigenvalue weighted by molar-refractivity contribution is 7.12. The molecule has 2 atom stereocenters. The minimum absolute atomic E-state index is 0.00964. The smallest absolute Gasteiger partial charge is 0.257 e. The van der Waals surface area contributed by atoms with E-state index >= 15 is 0 Å². The van der Waals surface area contributed by atoms with Crippen LogP contribution >= 0.6 is 22.7 Å². The van der Waals surface area contributed by atoms with E-state index in [-0.39, 0.29) is 24.6 Å². The van der Waals surface area contributed by atoms with Crippen molar-refractivity contribution in [2.24, 2.45) is 5.10 Å². The summed E-state index contributed by atoms with van der Waals surface area (Å²) in [5.41, 5.74) is 0.977. The lowest BCUT2D eigenvalue weighted by Crippen LogP contribution is -2.43. The predicted octanol–water partition coefficient (Wildman–Crippen LogP) is 4.26. The van der Waals surface area contributed by atoms with Crippen LogP contribution in [0.1, 0.15) is 22.2 Å². The van der Waals surface area contributed by atoms with Crippen LogP contribution in [0.5, 0.6) is 11.5 Å². The number of fused-ring (bicyclic) bond motifs is 1. The van der Waals surface area contributed by atoms with Crippen LogP contribution in [0.2, 0.25) is 0 Å². The summed E-state index contributed by atoms with van der Waals surface area (Å²) in [6, 6.07) is 15.8. The summed E-state index contributed by atoms with van der Waals surface area (Å²) in [6.45, 7) is 1.33. The van der Waals surface area contributed by atoms with Crippen molar-refractivity contribution in [2.45, 2.75) is 18.6 Å². The largest absolute Gasteiger partial charge is 0.486 e. The van der Waals surface area contributed by atoms with E-state index < -0.39 is 0 Å². The van der Waals surface area contributed by atoms with Gasteiger partial charge in [-0.1, -0.05) is 24.3 Å². The Morgan fingerprint density at radius 1 is 1.13 bits per heavy atom. The van der Waals surface area contributed by atoms with Gasteiger partial charge in [-0.2, -0.15) is 5.10 Å². The number of hydrogen-bond acceptors (Lipinski definition) is 7. The van der Waals surface area contributed by atoms with E-state index in [1.807, 2.05) is 59.1 Å². The third kappa shape index (κ3) is 4.37. The fourth-order valence-corrected chi connectivity index (χ4v) is 5.44. The summed E-state index contributed by atoms with van der Waals surface area (Å²) in [5.74, 6) is 1.51. The molecule has 3 aromatic rings. The molecule has 0 unspecified atom stereocenters.